The van der Waals surface area contributed by atoms with Crippen LogP contribution in [0.15, 0.2) is 0 Å². The summed E-state index contributed by atoms with van der Waals surface area (Å²) in [6.45, 7) is 5.72. The van der Waals surface area contributed by atoms with Crippen LogP contribution in [0.25, 0.3) is 0 Å². The monoisotopic (exact) mass is 262 g/mol. The lowest BCUT2D eigenvalue weighted by Gasteiger charge is -2.40. The van der Waals surface area contributed by atoms with E-state index < -0.39 is 5.54 Å². The Balaban J connectivity index is 2.26. The second-order valence-corrected chi connectivity index (χ2v) is 6.08. The van der Waals surface area contributed by atoms with E-state index in [4.69, 9.17) is 0 Å². The van der Waals surface area contributed by atoms with Gasteiger partial charge in [-0.25, -0.2) is 0 Å². The van der Waals surface area contributed by atoms with Gasteiger partial charge in [-0.3, -0.25) is 14.5 Å². The van der Waals surface area contributed by atoms with E-state index in [-0.39, 0.29) is 23.7 Å². The molecule has 1 heterocycles. The van der Waals surface area contributed by atoms with E-state index in [9.17, 15) is 14.9 Å². The van der Waals surface area contributed by atoms with Gasteiger partial charge < -0.3 is 0 Å². The summed E-state index contributed by atoms with van der Waals surface area (Å²) in [6.07, 6.45) is 4.25. The molecule has 1 saturated carbocycles. The zero-order valence-electron chi connectivity index (χ0n) is 12.0. The van der Waals surface area contributed by atoms with Crippen molar-refractivity contribution in [1.29, 1.82) is 5.26 Å². The van der Waals surface area contributed by atoms with Gasteiger partial charge in [0.15, 0.2) is 0 Å². The van der Waals surface area contributed by atoms with Gasteiger partial charge in [-0.15, -0.1) is 0 Å². The molecule has 0 aromatic carbocycles. The molecule has 2 atom stereocenters. The highest BCUT2D eigenvalue weighted by Gasteiger charge is 2.53. The SMILES string of the molecule is CCC1CCC(C#N)(N2C(=O)C(C)C(C)C2=O)CC1. The van der Waals surface area contributed by atoms with E-state index in [1.54, 1.807) is 13.8 Å². The zero-order valence-corrected chi connectivity index (χ0v) is 12.0. The Hall–Kier alpha value is -1.37. The molecule has 2 aliphatic rings. The van der Waals surface area contributed by atoms with Gasteiger partial charge in [-0.05, 0) is 31.6 Å². The smallest absolute Gasteiger partial charge is 0.234 e. The molecule has 2 amide bonds. The third-order valence-electron chi connectivity index (χ3n) is 5.12. The highest BCUT2D eigenvalue weighted by Crippen LogP contribution is 2.41. The maximum atomic E-state index is 12.3. The van der Waals surface area contributed by atoms with Gasteiger partial charge in [-0.1, -0.05) is 27.2 Å². The van der Waals surface area contributed by atoms with Gasteiger partial charge in [0.05, 0.1) is 6.07 Å². The molecule has 0 bridgehead atoms. The topological polar surface area (TPSA) is 61.2 Å². The summed E-state index contributed by atoms with van der Waals surface area (Å²) < 4.78 is 0. The first-order valence-corrected chi connectivity index (χ1v) is 7.26. The van der Waals surface area contributed by atoms with E-state index in [0.717, 1.165) is 19.3 Å². The molecule has 2 fully saturated rings. The summed E-state index contributed by atoms with van der Waals surface area (Å²) >= 11 is 0. The van der Waals surface area contributed by atoms with Crippen molar-refractivity contribution < 1.29 is 9.59 Å². The van der Waals surface area contributed by atoms with Crippen LogP contribution in [0, 0.1) is 29.1 Å². The highest BCUT2D eigenvalue weighted by molar-refractivity contribution is 6.05. The summed E-state index contributed by atoms with van der Waals surface area (Å²) in [5, 5.41) is 9.57. The van der Waals surface area contributed by atoms with Crippen LogP contribution in [0.5, 0.6) is 0 Å². The number of rotatable bonds is 2. The third-order valence-corrected chi connectivity index (χ3v) is 5.12. The number of carbonyl (C=O) groups is 2. The van der Waals surface area contributed by atoms with E-state index in [0.29, 0.717) is 18.8 Å². The summed E-state index contributed by atoms with van der Waals surface area (Å²) in [5.41, 5.74) is -0.876. The average Bonchev–Trinajstić information content (AvgIpc) is 2.63. The second kappa shape index (κ2) is 4.96. The van der Waals surface area contributed by atoms with Crippen molar-refractivity contribution in [3.8, 4) is 6.07 Å². The molecule has 2 unspecified atom stereocenters. The first-order chi connectivity index (χ1) is 8.96. The predicted octanol–water partition coefficient (Wildman–Crippen LogP) is 2.49. The van der Waals surface area contributed by atoms with Crippen molar-refractivity contribution in [1.82, 2.24) is 4.90 Å². The Kier molecular flexibility index (Phi) is 3.66. The normalized spacial score (nSPS) is 39.5. The number of carbonyl (C=O) groups excluding carboxylic acids is 2. The average molecular weight is 262 g/mol. The maximum Gasteiger partial charge on any atom is 0.234 e. The molecule has 0 aromatic heterocycles. The maximum absolute atomic E-state index is 12.3. The first kappa shape index (κ1) is 14.0. The van der Waals surface area contributed by atoms with Gasteiger partial charge in [-0.2, -0.15) is 5.26 Å². The predicted molar refractivity (Wildman–Crippen MR) is 70.8 cm³/mol. The molecule has 0 N–H and O–H groups in total. The van der Waals surface area contributed by atoms with E-state index in [1.165, 1.54) is 4.90 Å². The minimum Gasteiger partial charge on any atom is -0.274 e. The Morgan fingerprint density at radius 3 is 2.05 bits per heavy atom. The lowest BCUT2D eigenvalue weighted by Crippen LogP contribution is -2.53. The van der Waals surface area contributed by atoms with Crippen molar-refractivity contribution >= 4 is 11.8 Å². The van der Waals surface area contributed by atoms with Crippen LogP contribution in [0.4, 0.5) is 0 Å². The van der Waals surface area contributed by atoms with Gasteiger partial charge >= 0.3 is 0 Å². The van der Waals surface area contributed by atoms with Crippen LogP contribution in [0.2, 0.25) is 0 Å². The summed E-state index contributed by atoms with van der Waals surface area (Å²) in [4.78, 5) is 25.9. The van der Waals surface area contributed by atoms with Crippen LogP contribution in [0.3, 0.4) is 0 Å². The van der Waals surface area contributed by atoms with Crippen molar-refractivity contribution in [3.63, 3.8) is 0 Å². The summed E-state index contributed by atoms with van der Waals surface area (Å²) in [7, 11) is 0. The van der Waals surface area contributed by atoms with E-state index in [2.05, 4.69) is 13.0 Å². The Bertz CT molecular complexity index is 410. The molecule has 4 nitrogen and oxygen atoms in total. The Morgan fingerprint density at radius 2 is 1.68 bits per heavy atom. The fourth-order valence-corrected chi connectivity index (χ4v) is 3.31. The fourth-order valence-electron chi connectivity index (χ4n) is 3.31. The lowest BCUT2D eigenvalue weighted by molar-refractivity contribution is -0.146. The number of nitriles is 1. The molecule has 0 radical (unpaired) electrons. The lowest BCUT2D eigenvalue weighted by atomic mass is 9.75. The van der Waals surface area contributed by atoms with Crippen molar-refractivity contribution in [2.75, 3.05) is 0 Å². The molecular weight excluding hydrogens is 240 g/mol. The van der Waals surface area contributed by atoms with Crippen molar-refractivity contribution in [2.45, 2.75) is 58.4 Å². The molecule has 0 spiro atoms. The van der Waals surface area contributed by atoms with Crippen LogP contribution in [-0.2, 0) is 9.59 Å². The molecule has 1 aliphatic carbocycles. The molecule has 19 heavy (non-hydrogen) atoms. The number of hydrogen-bond donors (Lipinski definition) is 0. The molecule has 4 heteroatoms. The first-order valence-electron chi connectivity index (χ1n) is 7.26. The van der Waals surface area contributed by atoms with Crippen LogP contribution in [-0.4, -0.2) is 22.3 Å². The van der Waals surface area contributed by atoms with Crippen LogP contribution in [0.1, 0.15) is 52.9 Å². The van der Waals surface area contributed by atoms with Crippen molar-refractivity contribution in [3.05, 3.63) is 0 Å². The van der Waals surface area contributed by atoms with Gasteiger partial charge in [0, 0.05) is 11.8 Å². The number of likely N-dealkylation sites (tertiary alicyclic amines) is 1. The van der Waals surface area contributed by atoms with E-state index in [1.807, 2.05) is 0 Å². The number of hydrogen-bond acceptors (Lipinski definition) is 3. The van der Waals surface area contributed by atoms with Gasteiger partial charge in [0.2, 0.25) is 11.8 Å². The molecule has 2 rings (SSSR count). The number of amides is 2. The molecular formula is C15H22N2O2. The summed E-state index contributed by atoms with van der Waals surface area (Å²) in [5.74, 6) is -0.268. The van der Waals surface area contributed by atoms with Crippen LogP contribution < -0.4 is 0 Å². The van der Waals surface area contributed by atoms with Gasteiger partial charge in [0.1, 0.15) is 5.54 Å². The molecule has 1 aliphatic heterocycles. The van der Waals surface area contributed by atoms with Gasteiger partial charge in [0.25, 0.3) is 0 Å². The van der Waals surface area contributed by atoms with Crippen LogP contribution >= 0.6 is 0 Å². The minimum atomic E-state index is -0.876. The number of nitrogens with zero attached hydrogens (tertiary/aromatic N) is 2. The zero-order chi connectivity index (χ0) is 14.2. The second-order valence-electron chi connectivity index (χ2n) is 6.08. The number of imide groups is 1. The minimum absolute atomic E-state index is 0.158. The Morgan fingerprint density at radius 1 is 1.21 bits per heavy atom. The highest BCUT2D eigenvalue weighted by atomic mass is 16.2. The third kappa shape index (κ3) is 2.05. The molecule has 1 saturated heterocycles. The quantitative estimate of drug-likeness (QED) is 0.718. The standard InChI is InChI=1S/C15H22N2O2/c1-4-12-5-7-15(9-16,8-6-12)17-13(18)10(2)11(3)14(17)19/h10-12H,4-8H2,1-3H3. The van der Waals surface area contributed by atoms with Crippen molar-refractivity contribution in [2.24, 2.45) is 17.8 Å². The Labute approximate surface area is 114 Å². The van der Waals surface area contributed by atoms with E-state index >= 15 is 0 Å². The molecule has 104 valence electrons. The largest absolute Gasteiger partial charge is 0.274 e. The molecule has 0 aromatic rings. The fraction of sp³-hybridized carbons (Fsp3) is 0.800. The summed E-state index contributed by atoms with van der Waals surface area (Å²) in [6, 6.07) is 2.29.